The molecule has 0 aliphatic heterocycles. The molecule has 0 fully saturated rings. The van der Waals surface area contributed by atoms with Crippen molar-refractivity contribution in [3.8, 4) is 0 Å². The third kappa shape index (κ3) is 4.00. The Bertz CT molecular complexity index is 452. The van der Waals surface area contributed by atoms with Crippen LogP contribution in [0.25, 0.3) is 0 Å². The molecule has 0 saturated carbocycles. The van der Waals surface area contributed by atoms with E-state index in [9.17, 15) is 10.1 Å². The third-order valence-electron chi connectivity index (χ3n) is 2.60. The summed E-state index contributed by atoms with van der Waals surface area (Å²) in [5, 5.41) is 22.8. The van der Waals surface area contributed by atoms with Gasteiger partial charge in [0.15, 0.2) is 0 Å². The number of hydrogen-bond donors (Lipinski definition) is 2. The maximum Gasteiger partial charge on any atom is 0.348 e. The second-order valence-corrected chi connectivity index (χ2v) is 4.43. The molecule has 7 nitrogen and oxygen atoms in total. The van der Waals surface area contributed by atoms with Crippen LogP contribution < -0.4 is 5.32 Å². The van der Waals surface area contributed by atoms with Crippen molar-refractivity contribution >= 4 is 23.1 Å². The molecule has 0 amide bonds. The number of aliphatic hydroxyl groups excluding tert-OH is 1. The van der Waals surface area contributed by atoms with Crippen molar-refractivity contribution in [3.05, 3.63) is 21.1 Å². The van der Waals surface area contributed by atoms with Crippen LogP contribution in [-0.4, -0.2) is 32.6 Å². The minimum absolute atomic E-state index is 0.0642. The van der Waals surface area contributed by atoms with E-state index in [0.717, 1.165) is 6.42 Å². The molecule has 0 saturated heterocycles. The number of rotatable bonds is 7. The van der Waals surface area contributed by atoms with Gasteiger partial charge in [0, 0.05) is 6.42 Å². The largest absolute Gasteiger partial charge is 0.394 e. The Balaban J connectivity index is 3.19. The van der Waals surface area contributed by atoms with Crippen LogP contribution in [0.4, 0.5) is 11.5 Å². The predicted molar refractivity (Wildman–Crippen MR) is 72.5 cm³/mol. The molecule has 1 aromatic heterocycles. The number of aliphatic hydroxyl groups is 1. The number of anilines is 1. The van der Waals surface area contributed by atoms with Crippen LogP contribution in [0.5, 0.6) is 0 Å². The highest BCUT2D eigenvalue weighted by Crippen LogP contribution is 2.30. The summed E-state index contributed by atoms with van der Waals surface area (Å²) in [7, 11) is 0. The molecule has 0 aliphatic rings. The first kappa shape index (κ1) is 15.6. The summed E-state index contributed by atoms with van der Waals surface area (Å²) in [6.07, 6.45) is 2.01. The summed E-state index contributed by atoms with van der Waals surface area (Å²) < 4.78 is 0. The highest BCUT2D eigenvalue weighted by molar-refractivity contribution is 6.31. The molecule has 0 bridgehead atoms. The molecule has 106 valence electrons. The van der Waals surface area contributed by atoms with Crippen molar-refractivity contribution in [1.29, 1.82) is 0 Å². The molecule has 2 N–H and O–H groups in total. The second-order valence-electron chi connectivity index (χ2n) is 4.07. The molecular weight excluding hydrogens is 272 g/mol. The average molecular weight is 289 g/mol. The summed E-state index contributed by atoms with van der Waals surface area (Å²) >= 11 is 5.84. The van der Waals surface area contributed by atoms with Gasteiger partial charge in [-0.15, -0.1) is 0 Å². The summed E-state index contributed by atoms with van der Waals surface area (Å²) in [5.74, 6) is 0.516. The fourth-order valence-corrected chi connectivity index (χ4v) is 1.80. The van der Waals surface area contributed by atoms with Crippen molar-refractivity contribution in [3.63, 3.8) is 0 Å². The van der Waals surface area contributed by atoms with E-state index in [1.165, 1.54) is 0 Å². The molecule has 1 unspecified atom stereocenters. The molecule has 0 radical (unpaired) electrons. The van der Waals surface area contributed by atoms with Gasteiger partial charge in [-0.05, 0) is 12.8 Å². The molecule has 0 aromatic carbocycles. The Morgan fingerprint density at radius 2 is 2.16 bits per heavy atom. The zero-order valence-corrected chi connectivity index (χ0v) is 11.6. The van der Waals surface area contributed by atoms with E-state index in [1.54, 1.807) is 0 Å². The van der Waals surface area contributed by atoms with E-state index in [0.29, 0.717) is 18.7 Å². The quantitative estimate of drug-likeness (QED) is 0.453. The summed E-state index contributed by atoms with van der Waals surface area (Å²) in [4.78, 5) is 18.4. The van der Waals surface area contributed by atoms with Crippen LogP contribution in [0, 0.1) is 10.1 Å². The smallest absolute Gasteiger partial charge is 0.348 e. The van der Waals surface area contributed by atoms with Crippen molar-refractivity contribution < 1.29 is 10.0 Å². The highest BCUT2D eigenvalue weighted by atomic mass is 35.5. The zero-order valence-electron chi connectivity index (χ0n) is 10.9. The summed E-state index contributed by atoms with van der Waals surface area (Å²) in [6.45, 7) is 3.67. The first-order valence-electron chi connectivity index (χ1n) is 6.11. The van der Waals surface area contributed by atoms with Crippen LogP contribution in [0.2, 0.25) is 5.15 Å². The number of nitrogens with zero attached hydrogens (tertiary/aromatic N) is 3. The molecule has 1 aromatic rings. The third-order valence-corrected chi connectivity index (χ3v) is 2.86. The molecule has 8 heteroatoms. The molecular formula is C11H17ClN4O3. The molecule has 0 spiro atoms. The average Bonchev–Trinajstić information content (AvgIpc) is 2.35. The van der Waals surface area contributed by atoms with Crippen LogP contribution in [0.1, 0.15) is 32.5 Å². The Hall–Kier alpha value is -1.47. The standard InChI is InChI=1S/C11H17ClN4O3/c1-3-5-8-14-10(12)9(16(18)19)11(15-8)13-7(4-2)6-17/h7,17H,3-6H2,1-2H3,(H,13,14,15). The maximum absolute atomic E-state index is 11.0. The van der Waals surface area contributed by atoms with Crippen LogP contribution in [0.15, 0.2) is 0 Å². The van der Waals surface area contributed by atoms with Gasteiger partial charge < -0.3 is 10.4 Å². The number of aryl methyl sites for hydroxylation is 1. The lowest BCUT2D eigenvalue weighted by Crippen LogP contribution is -2.24. The minimum Gasteiger partial charge on any atom is -0.394 e. The lowest BCUT2D eigenvalue weighted by atomic mass is 10.2. The van der Waals surface area contributed by atoms with Gasteiger partial charge in [0.2, 0.25) is 11.0 Å². The fraction of sp³-hybridized carbons (Fsp3) is 0.636. The Morgan fingerprint density at radius 1 is 1.47 bits per heavy atom. The van der Waals surface area contributed by atoms with E-state index in [2.05, 4.69) is 15.3 Å². The van der Waals surface area contributed by atoms with E-state index in [-0.39, 0.29) is 29.3 Å². The topological polar surface area (TPSA) is 101 Å². The lowest BCUT2D eigenvalue weighted by Gasteiger charge is -2.15. The number of aromatic nitrogens is 2. The highest BCUT2D eigenvalue weighted by Gasteiger charge is 2.24. The Labute approximate surface area is 116 Å². The lowest BCUT2D eigenvalue weighted by molar-refractivity contribution is -0.384. The van der Waals surface area contributed by atoms with E-state index in [1.807, 2.05) is 13.8 Å². The van der Waals surface area contributed by atoms with Crippen molar-refractivity contribution in [2.24, 2.45) is 0 Å². The van der Waals surface area contributed by atoms with Gasteiger partial charge in [-0.25, -0.2) is 9.97 Å². The van der Waals surface area contributed by atoms with Crippen molar-refractivity contribution in [2.75, 3.05) is 11.9 Å². The van der Waals surface area contributed by atoms with Crippen LogP contribution in [0.3, 0.4) is 0 Å². The SMILES string of the molecule is CCCc1nc(Cl)c([N+](=O)[O-])c(NC(CC)CO)n1. The predicted octanol–water partition coefficient (Wildman–Crippen LogP) is 2.17. The van der Waals surface area contributed by atoms with Gasteiger partial charge in [-0.2, -0.15) is 0 Å². The summed E-state index contributed by atoms with van der Waals surface area (Å²) in [5.41, 5.74) is -0.353. The Kier molecular flexibility index (Phi) is 5.91. The molecule has 1 heterocycles. The molecule has 0 aliphatic carbocycles. The van der Waals surface area contributed by atoms with Gasteiger partial charge in [-0.1, -0.05) is 25.4 Å². The molecule has 1 rings (SSSR count). The van der Waals surface area contributed by atoms with Gasteiger partial charge in [0.1, 0.15) is 5.82 Å². The zero-order chi connectivity index (χ0) is 14.4. The normalized spacial score (nSPS) is 12.2. The van der Waals surface area contributed by atoms with Gasteiger partial charge in [0.25, 0.3) is 0 Å². The number of halogens is 1. The van der Waals surface area contributed by atoms with Crippen molar-refractivity contribution in [1.82, 2.24) is 9.97 Å². The number of nitro groups is 1. The molecule has 19 heavy (non-hydrogen) atoms. The first-order chi connectivity index (χ1) is 9.03. The van der Waals surface area contributed by atoms with Crippen LogP contribution >= 0.6 is 11.6 Å². The monoisotopic (exact) mass is 288 g/mol. The number of nitrogens with one attached hydrogen (secondary N) is 1. The van der Waals surface area contributed by atoms with Crippen LogP contribution in [-0.2, 0) is 6.42 Å². The first-order valence-corrected chi connectivity index (χ1v) is 6.49. The number of hydrogen-bond acceptors (Lipinski definition) is 6. The summed E-state index contributed by atoms with van der Waals surface area (Å²) in [6, 6.07) is -0.306. The second kappa shape index (κ2) is 7.20. The van der Waals surface area contributed by atoms with E-state index >= 15 is 0 Å². The van der Waals surface area contributed by atoms with Gasteiger partial charge >= 0.3 is 5.69 Å². The van der Waals surface area contributed by atoms with E-state index in [4.69, 9.17) is 16.7 Å². The van der Waals surface area contributed by atoms with Crippen molar-refractivity contribution in [2.45, 2.75) is 39.2 Å². The van der Waals surface area contributed by atoms with E-state index < -0.39 is 4.92 Å². The fourth-order valence-electron chi connectivity index (χ4n) is 1.54. The molecule has 1 atom stereocenters. The minimum atomic E-state index is -0.621. The van der Waals surface area contributed by atoms with Gasteiger partial charge in [-0.3, -0.25) is 10.1 Å². The van der Waals surface area contributed by atoms with Gasteiger partial charge in [0.05, 0.1) is 17.6 Å². The Morgan fingerprint density at radius 3 is 2.63 bits per heavy atom. The maximum atomic E-state index is 11.0.